The predicted molar refractivity (Wildman–Crippen MR) is 768 cm³/mol. The van der Waals surface area contributed by atoms with Crippen LogP contribution in [-0.4, -0.2) is 2860 Å². The van der Waals surface area contributed by atoms with Gasteiger partial charge in [-0.05, 0) is 0 Å². The van der Waals surface area contributed by atoms with Gasteiger partial charge in [-0.2, -0.15) is 0 Å². The van der Waals surface area contributed by atoms with Crippen LogP contribution in [0.2, 0.25) is 0 Å². The Bertz CT molecular complexity index is 473. The van der Waals surface area contributed by atoms with Crippen molar-refractivity contribution >= 4 is 2840 Å². The molecule has 0 saturated carbocycles. The molecular formula is C15H115Na95O10. The molecule has 5 N–H and O–H groups in total. The van der Waals surface area contributed by atoms with E-state index in [4.69, 9.17) is 25.5 Å². The summed E-state index contributed by atoms with van der Waals surface area (Å²) in [6.07, 6.45) is 4.17. The zero-order chi connectivity index (χ0) is 21.4. The van der Waals surface area contributed by atoms with E-state index in [1.165, 1.54) is 0 Å². The third-order valence-corrected chi connectivity index (χ3v) is 0.873. The summed E-state index contributed by atoms with van der Waals surface area (Å²) in [4.78, 5) is 46.2. The summed E-state index contributed by atoms with van der Waals surface area (Å²) in [5.41, 5.74) is 0. The average Bonchev–Trinajstić information content (AvgIpc) is 2.56. The Morgan fingerprint density at radius 3 is 0.100 bits per heavy atom. The standard InChI is InChI=1S/5C3H4O2.95Na.95H/c5*1-2-3(4)5;;;;;;;;;;;;;;;;;;;;;;;;;;;;;;;;;;;;;;;;;;;;;;;;;;;;;;;;;;;;;;;;;;;;;;;;;;;;;;;;;;;;;;;;;;;;;;;;;;;;;;;;;;;;;;;;;;;;;;;;;;;;;;;;;;;;;;;;;;;;;;;;;;;;;;;;;;;;;;;;;;;;;;;;;;;;;;;;;;;;;;;;;;;;;;/h5*2H,1H2,(H,4,5);;;;;;;;;;;;;;;;;;;;;;;;;;;;;;;;;;;;;;;;;;;;;;;;;;;;;;;;;;;;;;;;;;;;;;;;;;;;;;;;;;;;;;;;;;;;;;;;;;;;;;;;;;;;;;;;;;;;;;;;;;;;;;;;;;;;;;;;;;;;;;;;;;;;;;;;;;;;;;;;;;;;;;;;;;;;;;;;;;;;;;;;;;;;;;. The monoisotopic (exact) mass is 2640 g/mol. The van der Waals surface area contributed by atoms with E-state index in [1.54, 1.807) is 0 Å². The van der Waals surface area contributed by atoms with Crippen molar-refractivity contribution in [3.63, 3.8) is 0 Å². The molecule has 0 aromatic carbocycles. The molecule has 330 valence electrons. The number of carboxylic acids is 5. The van der Waals surface area contributed by atoms with E-state index in [-0.39, 0.29) is 2810 Å². The third-order valence-electron chi connectivity index (χ3n) is 0.873. The summed E-state index contributed by atoms with van der Waals surface area (Å²) in [6.45, 7) is 14.8. The Morgan fingerprint density at radius 1 is 0.0917 bits per heavy atom. The number of rotatable bonds is 5. The topological polar surface area (TPSA) is 186 Å². The SMILES string of the molecule is C=CC(=O)O.C=CC(=O)O.C=CC(=O)O.C=CC(=O)O.C=CC(=O)O.[NaH].[NaH].[NaH].[NaH].[NaH].[NaH].[NaH].[NaH].[NaH].[NaH].[NaH].[NaH].[NaH].[NaH].[NaH].[NaH].[NaH].[NaH].[NaH].[NaH].[NaH].[NaH].[NaH].[NaH].[NaH].[NaH].[NaH].[NaH].[NaH].[NaH].[NaH].[NaH].[NaH].[NaH].[NaH].[NaH].[NaH].[NaH].[NaH].[NaH].[NaH].[NaH].[NaH].[NaH].[NaH].[NaH].[NaH].[NaH].[NaH].[NaH].[NaH].[NaH].[NaH].[NaH].[NaH].[NaH].[NaH].[NaH].[NaH].[NaH].[NaH].[NaH].[NaH].[NaH].[NaH].[NaH].[NaH].[NaH].[NaH].[NaH].[NaH].[NaH].[NaH].[NaH].[NaH].[NaH].[NaH].[NaH].[NaH].[NaH].[NaH].[NaH].[NaH].[NaH].[NaH].[NaH].[NaH].[NaH].[NaH].[NaH].[NaH].[NaH].[NaH].[NaH].[NaH]. The van der Waals surface area contributed by atoms with Crippen LogP contribution in [0.5, 0.6) is 0 Å². The summed E-state index contributed by atoms with van der Waals surface area (Å²) in [6, 6.07) is 0. The number of hydrogen-bond donors (Lipinski definition) is 5. The average molecular weight is 2640 g/mol. The van der Waals surface area contributed by atoms with Crippen LogP contribution in [-0.2, 0) is 24.0 Å². The second-order valence-electron chi connectivity index (χ2n) is 2.71. The van der Waals surface area contributed by atoms with E-state index in [2.05, 4.69) is 32.9 Å². The van der Waals surface area contributed by atoms with Crippen molar-refractivity contribution in [2.75, 3.05) is 0 Å². The van der Waals surface area contributed by atoms with E-state index in [0.29, 0.717) is 0 Å². The molecule has 0 saturated heterocycles. The molecule has 0 heterocycles. The molecule has 0 bridgehead atoms. The molecule has 0 aliphatic carbocycles. The second kappa shape index (κ2) is 744. The van der Waals surface area contributed by atoms with Gasteiger partial charge in [0.05, 0.1) is 0 Å². The molecular weight excluding hydrogens is 2520 g/mol. The fraction of sp³-hybridized carbons (Fsp3) is 0. The van der Waals surface area contributed by atoms with Crippen LogP contribution in [0, 0.1) is 0 Å². The summed E-state index contributed by atoms with van der Waals surface area (Å²) in [5.74, 6) is -4.91. The normalized spacial score (nSPS) is 1.33. The first-order valence-corrected chi connectivity index (χ1v) is 5.62. The van der Waals surface area contributed by atoms with Crippen molar-refractivity contribution in [2.45, 2.75) is 0 Å². The van der Waals surface area contributed by atoms with Crippen molar-refractivity contribution in [1.82, 2.24) is 0 Å². The number of aliphatic carboxylic acids is 5. The molecule has 0 aromatic heterocycles. The van der Waals surface area contributed by atoms with Crippen molar-refractivity contribution in [3.8, 4) is 0 Å². The summed E-state index contributed by atoms with van der Waals surface area (Å²) >= 11 is 0. The minimum atomic E-state index is -0.981. The zero-order valence-electron chi connectivity index (χ0n) is 13.2. The molecule has 10 nitrogen and oxygen atoms in total. The van der Waals surface area contributed by atoms with Gasteiger partial charge in [-0.3, -0.25) is 0 Å². The number of hydrogen-bond acceptors (Lipinski definition) is 5. The van der Waals surface area contributed by atoms with Crippen LogP contribution < -0.4 is 0 Å². The van der Waals surface area contributed by atoms with Crippen molar-refractivity contribution in [2.24, 2.45) is 0 Å². The van der Waals surface area contributed by atoms with Crippen molar-refractivity contribution < 1.29 is 49.5 Å². The van der Waals surface area contributed by atoms with Gasteiger partial charge in [0.2, 0.25) is 0 Å². The van der Waals surface area contributed by atoms with Crippen molar-refractivity contribution in [3.05, 3.63) is 63.3 Å². The van der Waals surface area contributed by atoms with E-state index in [9.17, 15) is 24.0 Å². The molecule has 0 aromatic rings. The van der Waals surface area contributed by atoms with Gasteiger partial charge < -0.3 is 25.5 Å². The zero-order valence-corrected chi connectivity index (χ0v) is 13.2. The Balaban J connectivity index is -0.000000000355. The van der Waals surface area contributed by atoms with Gasteiger partial charge in [0.1, 0.15) is 0 Å². The Labute approximate surface area is 2840 Å². The van der Waals surface area contributed by atoms with Gasteiger partial charge in [-0.1, -0.05) is 32.9 Å². The minimum absolute atomic E-state index is 0. The van der Waals surface area contributed by atoms with Crippen molar-refractivity contribution in [1.29, 1.82) is 0 Å². The molecule has 0 spiro atoms. The molecule has 0 fully saturated rings. The molecule has 120 heavy (non-hydrogen) atoms. The number of carbonyl (C=O) groups is 5. The van der Waals surface area contributed by atoms with Crippen LogP contribution >= 0.6 is 0 Å². The quantitative estimate of drug-likeness (QED) is 0.131. The van der Waals surface area contributed by atoms with Crippen LogP contribution in [0.15, 0.2) is 63.3 Å². The van der Waals surface area contributed by atoms with Crippen LogP contribution in [0.3, 0.4) is 0 Å². The maximum absolute atomic E-state index is 9.25. The molecule has 0 unspecified atom stereocenters. The molecule has 0 amide bonds. The molecule has 0 radical (unpaired) electrons. The fourth-order valence-corrected chi connectivity index (χ4v) is 0. The fourth-order valence-electron chi connectivity index (χ4n) is 0. The predicted octanol–water partition coefficient (Wildman–Crippen LogP) is -60.3. The first-order valence-electron chi connectivity index (χ1n) is 5.62. The number of carboxylic acid groups (broad SMARTS) is 5. The van der Waals surface area contributed by atoms with Crippen LogP contribution in [0.25, 0.3) is 0 Å². The summed E-state index contributed by atoms with van der Waals surface area (Å²) in [5, 5.41) is 38.0. The Morgan fingerprint density at radius 2 is 0.100 bits per heavy atom. The third kappa shape index (κ3) is 886. The maximum atomic E-state index is 9.25. The van der Waals surface area contributed by atoms with E-state index < -0.39 is 29.8 Å². The summed E-state index contributed by atoms with van der Waals surface area (Å²) in [7, 11) is 0. The summed E-state index contributed by atoms with van der Waals surface area (Å²) < 4.78 is 0. The van der Waals surface area contributed by atoms with Gasteiger partial charge in [-0.25, -0.2) is 24.0 Å². The van der Waals surface area contributed by atoms with Crippen LogP contribution in [0.4, 0.5) is 0 Å². The molecule has 0 aliphatic rings. The van der Waals surface area contributed by atoms with E-state index >= 15 is 0 Å². The Kier molecular flexibility index (Phi) is 4680. The second-order valence-corrected chi connectivity index (χ2v) is 2.71. The van der Waals surface area contributed by atoms with E-state index in [1.807, 2.05) is 0 Å². The van der Waals surface area contributed by atoms with Gasteiger partial charge in [0.15, 0.2) is 0 Å². The van der Waals surface area contributed by atoms with Gasteiger partial charge >= 0.3 is 2840 Å². The molecule has 0 atom stereocenters. The first kappa shape index (κ1) is 755. The van der Waals surface area contributed by atoms with Crippen LogP contribution in [0.1, 0.15) is 0 Å². The Hall–Kier alpha value is 91.0. The molecule has 105 heteroatoms. The molecule has 0 aliphatic heterocycles. The van der Waals surface area contributed by atoms with Gasteiger partial charge in [0.25, 0.3) is 0 Å². The van der Waals surface area contributed by atoms with E-state index in [0.717, 1.165) is 30.4 Å². The van der Waals surface area contributed by atoms with Gasteiger partial charge in [-0.15, -0.1) is 0 Å². The van der Waals surface area contributed by atoms with Gasteiger partial charge in [0, 0.05) is 30.4 Å². The molecule has 0 rings (SSSR count). The first-order chi connectivity index (χ1) is 11.4.